The largest absolute Gasteiger partial charge is 0.380 e. The zero-order valence-electron chi connectivity index (χ0n) is 11.2. The number of carbonyl (C=O) groups is 1. The zero-order valence-corrected chi connectivity index (χ0v) is 11.2. The predicted molar refractivity (Wildman–Crippen MR) is 69.0 cm³/mol. The van der Waals surface area contributed by atoms with Gasteiger partial charge in [-0.1, -0.05) is 0 Å². The van der Waals surface area contributed by atoms with Gasteiger partial charge < -0.3 is 15.0 Å². The highest BCUT2D eigenvalue weighted by Gasteiger charge is 2.19. The molecular weight excluding hydrogens is 216 g/mol. The van der Waals surface area contributed by atoms with Crippen LogP contribution in [0.1, 0.15) is 33.1 Å². The summed E-state index contributed by atoms with van der Waals surface area (Å²) in [5.74, 6) is 0.804. The molecule has 1 heterocycles. The van der Waals surface area contributed by atoms with Crippen LogP contribution in [0.25, 0.3) is 0 Å². The van der Waals surface area contributed by atoms with E-state index in [9.17, 15) is 4.79 Å². The molecule has 1 saturated heterocycles. The summed E-state index contributed by atoms with van der Waals surface area (Å²) in [5, 5.41) is 3.35. The lowest BCUT2D eigenvalue weighted by Crippen LogP contribution is -2.38. The van der Waals surface area contributed by atoms with Crippen LogP contribution in [0.4, 0.5) is 0 Å². The molecule has 1 fully saturated rings. The van der Waals surface area contributed by atoms with Crippen molar-refractivity contribution in [2.75, 3.05) is 39.4 Å². The number of hydrogen-bond acceptors (Lipinski definition) is 3. The third kappa shape index (κ3) is 5.50. The van der Waals surface area contributed by atoms with E-state index in [-0.39, 0.29) is 5.91 Å². The molecule has 1 atom stereocenters. The van der Waals surface area contributed by atoms with Crippen LogP contribution in [0.15, 0.2) is 0 Å². The van der Waals surface area contributed by atoms with Crippen molar-refractivity contribution in [2.24, 2.45) is 5.92 Å². The Hall–Kier alpha value is -0.610. The van der Waals surface area contributed by atoms with Gasteiger partial charge in [0, 0.05) is 26.1 Å². The first-order valence-corrected chi connectivity index (χ1v) is 6.84. The molecule has 0 aliphatic carbocycles. The lowest BCUT2D eigenvalue weighted by Gasteiger charge is -2.26. The van der Waals surface area contributed by atoms with Crippen molar-refractivity contribution in [1.82, 2.24) is 10.2 Å². The number of ether oxygens (including phenoxy) is 1. The average molecular weight is 242 g/mol. The van der Waals surface area contributed by atoms with E-state index in [1.807, 2.05) is 18.7 Å². The van der Waals surface area contributed by atoms with Crippen molar-refractivity contribution < 1.29 is 9.53 Å². The number of hydrogen-bond donors (Lipinski definition) is 1. The number of piperidine rings is 1. The number of carbonyl (C=O) groups excluding carboxylic acids is 1. The van der Waals surface area contributed by atoms with Gasteiger partial charge in [-0.15, -0.1) is 0 Å². The molecule has 100 valence electrons. The van der Waals surface area contributed by atoms with Gasteiger partial charge >= 0.3 is 0 Å². The van der Waals surface area contributed by atoms with Gasteiger partial charge in [-0.25, -0.2) is 0 Å². The molecule has 0 aromatic rings. The van der Waals surface area contributed by atoms with E-state index in [4.69, 9.17) is 4.74 Å². The molecule has 4 nitrogen and oxygen atoms in total. The van der Waals surface area contributed by atoms with Crippen molar-refractivity contribution in [1.29, 1.82) is 0 Å². The highest BCUT2D eigenvalue weighted by molar-refractivity contribution is 5.76. The molecule has 1 amide bonds. The number of nitrogens with one attached hydrogen (secondary N) is 1. The molecule has 0 bridgehead atoms. The molecule has 1 aliphatic rings. The predicted octanol–water partition coefficient (Wildman–Crippen LogP) is 1.26. The van der Waals surface area contributed by atoms with Crippen LogP contribution in [0.3, 0.4) is 0 Å². The Bertz CT molecular complexity index is 215. The Morgan fingerprint density at radius 2 is 2.29 bits per heavy atom. The Morgan fingerprint density at radius 1 is 1.47 bits per heavy atom. The van der Waals surface area contributed by atoms with E-state index in [1.54, 1.807) is 0 Å². The minimum atomic E-state index is 0.279. The third-order valence-electron chi connectivity index (χ3n) is 3.31. The molecule has 0 saturated carbocycles. The fourth-order valence-corrected chi connectivity index (χ4v) is 2.25. The number of nitrogens with zero attached hydrogens (tertiary/aromatic N) is 1. The summed E-state index contributed by atoms with van der Waals surface area (Å²) in [7, 11) is 0. The summed E-state index contributed by atoms with van der Waals surface area (Å²) in [5.41, 5.74) is 0. The van der Waals surface area contributed by atoms with E-state index < -0.39 is 0 Å². The zero-order chi connectivity index (χ0) is 12.5. The number of rotatable bonds is 7. The fourth-order valence-electron chi connectivity index (χ4n) is 2.25. The Balaban J connectivity index is 2.26. The molecule has 0 spiro atoms. The summed E-state index contributed by atoms with van der Waals surface area (Å²) >= 11 is 0. The Labute approximate surface area is 105 Å². The maximum Gasteiger partial charge on any atom is 0.222 e. The number of amides is 1. The van der Waals surface area contributed by atoms with E-state index >= 15 is 0 Å². The summed E-state index contributed by atoms with van der Waals surface area (Å²) in [4.78, 5) is 14.0. The first kappa shape index (κ1) is 14.5. The molecular formula is C13H26N2O2. The second kappa shape index (κ2) is 8.48. The minimum Gasteiger partial charge on any atom is -0.380 e. The summed E-state index contributed by atoms with van der Waals surface area (Å²) in [6.07, 6.45) is 3.07. The first-order chi connectivity index (χ1) is 8.27. The number of likely N-dealkylation sites (N-methyl/N-ethyl adjacent to an activating group) is 1. The van der Waals surface area contributed by atoms with Gasteiger partial charge in [-0.3, -0.25) is 4.79 Å². The van der Waals surface area contributed by atoms with Crippen molar-refractivity contribution >= 4 is 5.91 Å². The van der Waals surface area contributed by atoms with E-state index in [0.717, 1.165) is 32.8 Å². The van der Waals surface area contributed by atoms with E-state index in [2.05, 4.69) is 5.32 Å². The second-order valence-electron chi connectivity index (χ2n) is 4.59. The molecule has 1 N–H and O–H groups in total. The van der Waals surface area contributed by atoms with Gasteiger partial charge in [0.25, 0.3) is 0 Å². The lowest BCUT2D eigenvalue weighted by molar-refractivity contribution is -0.132. The quantitative estimate of drug-likeness (QED) is 0.683. The monoisotopic (exact) mass is 242 g/mol. The van der Waals surface area contributed by atoms with Crippen LogP contribution in [0, 0.1) is 5.92 Å². The van der Waals surface area contributed by atoms with Gasteiger partial charge in [-0.2, -0.15) is 0 Å². The van der Waals surface area contributed by atoms with Crippen molar-refractivity contribution in [2.45, 2.75) is 33.1 Å². The molecule has 17 heavy (non-hydrogen) atoms. The van der Waals surface area contributed by atoms with E-state index in [0.29, 0.717) is 18.9 Å². The second-order valence-corrected chi connectivity index (χ2v) is 4.59. The molecule has 1 aliphatic heterocycles. The molecule has 0 aromatic heterocycles. The molecule has 0 aromatic carbocycles. The highest BCUT2D eigenvalue weighted by Crippen LogP contribution is 2.15. The Morgan fingerprint density at radius 3 is 2.88 bits per heavy atom. The maximum atomic E-state index is 12.1. The van der Waals surface area contributed by atoms with Crippen LogP contribution < -0.4 is 5.32 Å². The molecule has 0 radical (unpaired) electrons. The maximum absolute atomic E-state index is 12.1. The van der Waals surface area contributed by atoms with Crippen molar-refractivity contribution in [3.8, 4) is 0 Å². The van der Waals surface area contributed by atoms with Gasteiger partial charge in [0.1, 0.15) is 0 Å². The summed E-state index contributed by atoms with van der Waals surface area (Å²) in [6, 6.07) is 0. The normalized spacial score (nSPS) is 20.2. The highest BCUT2D eigenvalue weighted by atomic mass is 16.5. The van der Waals surface area contributed by atoms with Crippen molar-refractivity contribution in [3.05, 3.63) is 0 Å². The average Bonchev–Trinajstić information content (AvgIpc) is 2.36. The Kier molecular flexibility index (Phi) is 7.21. The van der Waals surface area contributed by atoms with Gasteiger partial charge in [-0.05, 0) is 45.7 Å². The van der Waals surface area contributed by atoms with Crippen molar-refractivity contribution in [3.63, 3.8) is 0 Å². The summed E-state index contributed by atoms with van der Waals surface area (Å²) in [6.45, 7) is 8.99. The standard InChI is InChI=1S/C13H26N2O2/c1-3-15(8-9-17-4-2)13(16)10-12-6-5-7-14-11-12/h12,14H,3-11H2,1-2H3. The van der Waals surface area contributed by atoms with Crippen LogP contribution in [0.5, 0.6) is 0 Å². The van der Waals surface area contributed by atoms with Gasteiger partial charge in [0.15, 0.2) is 0 Å². The van der Waals surface area contributed by atoms with Crippen LogP contribution in [-0.2, 0) is 9.53 Å². The van der Waals surface area contributed by atoms with E-state index in [1.165, 1.54) is 12.8 Å². The molecule has 1 unspecified atom stereocenters. The SMILES string of the molecule is CCOCCN(CC)C(=O)CC1CCCNC1. The van der Waals surface area contributed by atoms with Gasteiger partial charge in [0.2, 0.25) is 5.91 Å². The lowest BCUT2D eigenvalue weighted by atomic mass is 9.95. The molecule has 4 heteroatoms. The third-order valence-corrected chi connectivity index (χ3v) is 3.31. The van der Waals surface area contributed by atoms with Gasteiger partial charge in [0.05, 0.1) is 6.61 Å². The minimum absolute atomic E-state index is 0.279. The van der Waals surface area contributed by atoms with Crippen LogP contribution in [-0.4, -0.2) is 50.2 Å². The van der Waals surface area contributed by atoms with Crippen LogP contribution in [0.2, 0.25) is 0 Å². The summed E-state index contributed by atoms with van der Waals surface area (Å²) < 4.78 is 5.30. The first-order valence-electron chi connectivity index (χ1n) is 6.84. The smallest absolute Gasteiger partial charge is 0.222 e. The molecule has 1 rings (SSSR count). The fraction of sp³-hybridized carbons (Fsp3) is 0.923. The van der Waals surface area contributed by atoms with Crippen LogP contribution >= 0.6 is 0 Å². The topological polar surface area (TPSA) is 41.6 Å².